The Labute approximate surface area is 242 Å². The summed E-state index contributed by atoms with van der Waals surface area (Å²) in [5, 5.41) is 0. The van der Waals surface area contributed by atoms with Gasteiger partial charge in [-0.15, -0.1) is 0 Å². The van der Waals surface area contributed by atoms with E-state index in [4.69, 9.17) is 15.0 Å². The third-order valence-electron chi connectivity index (χ3n) is 7.08. The Morgan fingerprint density at radius 3 is 1.02 bits per heavy atom. The summed E-state index contributed by atoms with van der Waals surface area (Å²) in [6, 6.07) is 13.0. The first-order chi connectivity index (χ1) is 18.2. The van der Waals surface area contributed by atoms with Gasteiger partial charge in [-0.25, -0.2) is 24.9 Å². The normalized spacial score (nSPS) is 14.1. The van der Waals surface area contributed by atoms with Gasteiger partial charge in [-0.1, -0.05) is 119 Å². The molecule has 5 nitrogen and oxygen atoms in total. The number of nitrogens with zero attached hydrogens (tertiary/aromatic N) is 5. The summed E-state index contributed by atoms with van der Waals surface area (Å²) in [7, 11) is 0. The molecule has 214 valence electrons. The highest BCUT2D eigenvalue weighted by atomic mass is 15.0. The Bertz CT molecular complexity index is 1260. The van der Waals surface area contributed by atoms with E-state index in [1.807, 2.05) is 13.8 Å². The Balaban J connectivity index is 2.17. The van der Waals surface area contributed by atoms with Crippen molar-refractivity contribution in [3.05, 3.63) is 76.6 Å². The van der Waals surface area contributed by atoms with E-state index >= 15 is 0 Å². The van der Waals surface area contributed by atoms with Crippen LogP contribution in [0.5, 0.6) is 0 Å². The van der Waals surface area contributed by atoms with Crippen molar-refractivity contribution in [2.45, 2.75) is 119 Å². The van der Waals surface area contributed by atoms with Gasteiger partial charge < -0.3 is 0 Å². The highest BCUT2D eigenvalue weighted by Gasteiger charge is 2.27. The number of rotatable bonds is 4. The zero-order chi connectivity index (χ0) is 30.3. The van der Waals surface area contributed by atoms with E-state index in [0.29, 0.717) is 11.6 Å². The molecule has 40 heavy (non-hydrogen) atoms. The molecule has 0 atom stereocenters. The molecule has 0 unspecified atom stereocenters. The highest BCUT2D eigenvalue weighted by Crippen LogP contribution is 2.41. The van der Waals surface area contributed by atoms with Crippen molar-refractivity contribution in [1.82, 2.24) is 15.0 Å². The summed E-state index contributed by atoms with van der Waals surface area (Å²) in [5.41, 5.74) is 8.12. The SMILES string of the molecule is C/C(=N\c1c(C(C)(C)C)cccc1C(C)(C)C)c1ncnc(/C(C)=N/c2c(C(C)(C)C)cccc2C(C)(C)C)n1. The quantitative estimate of drug-likeness (QED) is 0.310. The molecule has 1 aromatic heterocycles. The molecule has 3 rings (SSSR count). The van der Waals surface area contributed by atoms with E-state index in [9.17, 15) is 0 Å². The van der Waals surface area contributed by atoms with Crippen LogP contribution < -0.4 is 0 Å². The van der Waals surface area contributed by atoms with Crippen LogP contribution in [0.1, 0.15) is 131 Å². The predicted molar refractivity (Wildman–Crippen MR) is 171 cm³/mol. The molecule has 5 heteroatoms. The minimum atomic E-state index is -0.0565. The smallest absolute Gasteiger partial charge is 0.177 e. The molecular formula is C35H49N5. The van der Waals surface area contributed by atoms with Crippen molar-refractivity contribution in [3.8, 4) is 0 Å². The fourth-order valence-corrected chi connectivity index (χ4v) is 4.83. The number of benzene rings is 2. The molecule has 0 saturated heterocycles. The minimum absolute atomic E-state index is 0.0565. The summed E-state index contributed by atoms with van der Waals surface area (Å²) in [6.45, 7) is 30.7. The van der Waals surface area contributed by atoms with Gasteiger partial charge >= 0.3 is 0 Å². The maximum Gasteiger partial charge on any atom is 0.177 e. The second-order valence-electron chi connectivity index (χ2n) is 14.9. The zero-order valence-electron chi connectivity index (χ0n) is 27.3. The van der Waals surface area contributed by atoms with Gasteiger partial charge in [0, 0.05) is 0 Å². The van der Waals surface area contributed by atoms with E-state index in [0.717, 1.165) is 22.8 Å². The summed E-state index contributed by atoms with van der Waals surface area (Å²) < 4.78 is 0. The fourth-order valence-electron chi connectivity index (χ4n) is 4.83. The molecule has 0 radical (unpaired) electrons. The Morgan fingerprint density at radius 1 is 0.500 bits per heavy atom. The average Bonchev–Trinajstić information content (AvgIpc) is 2.81. The summed E-state index contributed by atoms with van der Waals surface area (Å²) in [4.78, 5) is 24.2. The second kappa shape index (κ2) is 11.0. The van der Waals surface area contributed by atoms with Crippen LogP contribution in [-0.2, 0) is 21.7 Å². The lowest BCUT2D eigenvalue weighted by molar-refractivity contribution is 0.570. The Hall–Kier alpha value is -3.21. The van der Waals surface area contributed by atoms with Gasteiger partial charge in [0.25, 0.3) is 0 Å². The van der Waals surface area contributed by atoms with Crippen molar-refractivity contribution in [3.63, 3.8) is 0 Å². The molecule has 0 aliphatic rings. The van der Waals surface area contributed by atoms with Crippen molar-refractivity contribution >= 4 is 22.8 Å². The maximum atomic E-state index is 5.16. The van der Waals surface area contributed by atoms with Crippen LogP contribution in [0.25, 0.3) is 0 Å². The molecule has 1 heterocycles. The van der Waals surface area contributed by atoms with Crippen LogP contribution in [0.4, 0.5) is 11.4 Å². The summed E-state index contributed by atoms with van der Waals surface area (Å²) in [6.07, 6.45) is 1.57. The molecule has 2 aromatic carbocycles. The Kier molecular flexibility index (Phi) is 8.60. The van der Waals surface area contributed by atoms with Gasteiger partial charge in [0.15, 0.2) is 11.6 Å². The van der Waals surface area contributed by atoms with Crippen LogP contribution in [0.3, 0.4) is 0 Å². The molecule has 0 aliphatic carbocycles. The molecule has 0 spiro atoms. The first-order valence-corrected chi connectivity index (χ1v) is 14.3. The minimum Gasteiger partial charge on any atom is -0.249 e. The van der Waals surface area contributed by atoms with Crippen LogP contribution >= 0.6 is 0 Å². The van der Waals surface area contributed by atoms with Gasteiger partial charge in [-0.2, -0.15) is 0 Å². The largest absolute Gasteiger partial charge is 0.249 e. The van der Waals surface area contributed by atoms with Gasteiger partial charge in [0.2, 0.25) is 0 Å². The highest BCUT2D eigenvalue weighted by molar-refractivity contribution is 6.00. The first-order valence-electron chi connectivity index (χ1n) is 14.3. The predicted octanol–water partition coefficient (Wildman–Crippen LogP) is 9.34. The lowest BCUT2D eigenvalue weighted by atomic mass is 9.79. The van der Waals surface area contributed by atoms with E-state index in [1.54, 1.807) is 6.33 Å². The number of aliphatic imine (C=N–C) groups is 2. The number of hydrogen-bond donors (Lipinski definition) is 0. The van der Waals surface area contributed by atoms with Gasteiger partial charge in [0.05, 0.1) is 22.8 Å². The van der Waals surface area contributed by atoms with Crippen LogP contribution in [-0.4, -0.2) is 26.4 Å². The molecule has 0 aliphatic heterocycles. The van der Waals surface area contributed by atoms with Crippen LogP contribution in [0.2, 0.25) is 0 Å². The fraction of sp³-hybridized carbons (Fsp3) is 0.514. The summed E-state index contributed by atoms with van der Waals surface area (Å²) >= 11 is 0. The molecule has 3 aromatic rings. The topological polar surface area (TPSA) is 63.4 Å². The Morgan fingerprint density at radius 2 is 0.775 bits per heavy atom. The average molecular weight is 540 g/mol. The maximum absolute atomic E-state index is 5.16. The van der Waals surface area contributed by atoms with Crippen molar-refractivity contribution in [2.75, 3.05) is 0 Å². The first kappa shape index (κ1) is 31.3. The number of aromatic nitrogens is 3. The lowest BCUT2D eigenvalue weighted by Gasteiger charge is -2.28. The van der Waals surface area contributed by atoms with Crippen LogP contribution in [0, 0.1) is 0 Å². The molecule has 0 N–H and O–H groups in total. The molecule has 0 fully saturated rings. The van der Waals surface area contributed by atoms with Crippen molar-refractivity contribution < 1.29 is 0 Å². The van der Waals surface area contributed by atoms with E-state index in [2.05, 4.69) is 129 Å². The van der Waals surface area contributed by atoms with E-state index < -0.39 is 0 Å². The van der Waals surface area contributed by atoms with Crippen LogP contribution in [0.15, 0.2) is 52.7 Å². The molecule has 0 bridgehead atoms. The second-order valence-corrected chi connectivity index (χ2v) is 14.9. The number of para-hydroxylation sites is 2. The van der Waals surface area contributed by atoms with Crippen molar-refractivity contribution in [2.24, 2.45) is 9.98 Å². The molecular weight excluding hydrogens is 490 g/mol. The van der Waals surface area contributed by atoms with E-state index in [1.165, 1.54) is 22.3 Å². The van der Waals surface area contributed by atoms with Gasteiger partial charge in [-0.05, 0) is 57.8 Å². The zero-order valence-corrected chi connectivity index (χ0v) is 27.3. The summed E-state index contributed by atoms with van der Waals surface area (Å²) in [5.74, 6) is 1.12. The molecule has 0 saturated carbocycles. The van der Waals surface area contributed by atoms with Gasteiger partial charge in [-0.3, -0.25) is 0 Å². The number of hydrogen-bond acceptors (Lipinski definition) is 5. The monoisotopic (exact) mass is 539 g/mol. The lowest BCUT2D eigenvalue weighted by Crippen LogP contribution is -2.18. The van der Waals surface area contributed by atoms with Crippen molar-refractivity contribution in [1.29, 1.82) is 0 Å². The van der Waals surface area contributed by atoms with Gasteiger partial charge in [0.1, 0.15) is 6.33 Å². The standard InChI is InChI=1S/C35H49N5/c1-22(38-28-24(32(3,4)5)17-15-18-25(28)33(6,7)8)30-36-21-37-31(40-30)23(2)39-29-26(34(9,10)11)19-16-20-27(29)35(12,13)14/h15-21H,1-14H3/b38-22+,39-23+. The third-order valence-corrected chi connectivity index (χ3v) is 7.08. The molecule has 0 amide bonds. The third kappa shape index (κ3) is 7.10. The van der Waals surface area contributed by atoms with E-state index in [-0.39, 0.29) is 21.7 Å².